The molecule has 1 atom stereocenters. The van der Waals surface area contributed by atoms with Crippen LogP contribution < -0.4 is 11.5 Å². The van der Waals surface area contributed by atoms with Crippen molar-refractivity contribution in [2.24, 2.45) is 16.5 Å². The molecule has 4 N–H and O–H groups in total. The summed E-state index contributed by atoms with van der Waals surface area (Å²) in [6.07, 6.45) is 2.20. The molecule has 0 bridgehead atoms. The van der Waals surface area contributed by atoms with E-state index in [2.05, 4.69) is 9.89 Å². The molecule has 0 saturated carbocycles. The van der Waals surface area contributed by atoms with Crippen molar-refractivity contribution < 1.29 is 4.39 Å². The van der Waals surface area contributed by atoms with E-state index in [1.165, 1.54) is 6.07 Å². The van der Waals surface area contributed by atoms with Crippen LogP contribution in [0.1, 0.15) is 24.4 Å². The monoisotopic (exact) mass is 284 g/mol. The number of aliphatic imine (C=N–C) groups is 1. The van der Waals surface area contributed by atoms with Crippen molar-refractivity contribution in [3.63, 3.8) is 0 Å². The van der Waals surface area contributed by atoms with Crippen LogP contribution in [0, 0.1) is 5.82 Å². The molecule has 1 aromatic carbocycles. The minimum Gasteiger partial charge on any atom is -0.370 e. The number of guanidine groups is 1. The van der Waals surface area contributed by atoms with E-state index in [1.54, 1.807) is 12.1 Å². The molecular formula is C13H18ClFN4. The summed E-state index contributed by atoms with van der Waals surface area (Å²) in [7, 11) is 0. The molecule has 1 unspecified atom stereocenters. The van der Waals surface area contributed by atoms with Gasteiger partial charge in [-0.1, -0.05) is 17.7 Å². The van der Waals surface area contributed by atoms with Crippen LogP contribution in [-0.4, -0.2) is 30.5 Å². The first-order chi connectivity index (χ1) is 9.09. The van der Waals surface area contributed by atoms with E-state index in [1.807, 2.05) is 0 Å². The topological polar surface area (TPSA) is 67.6 Å². The van der Waals surface area contributed by atoms with Gasteiger partial charge in [0, 0.05) is 10.6 Å². The predicted octanol–water partition coefficient (Wildman–Crippen LogP) is 1.89. The molecule has 0 aliphatic carbocycles. The van der Waals surface area contributed by atoms with Gasteiger partial charge in [-0.2, -0.15) is 0 Å². The number of halogens is 2. The number of nitrogens with two attached hydrogens (primary N) is 2. The van der Waals surface area contributed by atoms with Gasteiger partial charge in [-0.05, 0) is 38.1 Å². The number of likely N-dealkylation sites (tertiary alicyclic amines) is 1. The summed E-state index contributed by atoms with van der Waals surface area (Å²) < 4.78 is 14.1. The molecule has 1 heterocycles. The highest BCUT2D eigenvalue weighted by molar-refractivity contribution is 6.31. The number of hydrogen-bond acceptors (Lipinski definition) is 2. The highest BCUT2D eigenvalue weighted by Crippen LogP contribution is 2.32. The van der Waals surface area contributed by atoms with E-state index >= 15 is 0 Å². The molecule has 1 aliphatic heterocycles. The van der Waals surface area contributed by atoms with E-state index in [0.717, 1.165) is 25.9 Å². The lowest BCUT2D eigenvalue weighted by molar-refractivity contribution is 0.246. The van der Waals surface area contributed by atoms with E-state index in [9.17, 15) is 4.39 Å². The first-order valence-electron chi connectivity index (χ1n) is 6.33. The van der Waals surface area contributed by atoms with Gasteiger partial charge < -0.3 is 11.5 Å². The maximum Gasteiger partial charge on any atom is 0.185 e. The lowest BCUT2D eigenvalue weighted by atomic mass is 10.0. The molecule has 0 spiro atoms. The van der Waals surface area contributed by atoms with Crippen molar-refractivity contribution in [3.8, 4) is 0 Å². The van der Waals surface area contributed by atoms with Crippen molar-refractivity contribution >= 4 is 17.6 Å². The van der Waals surface area contributed by atoms with Crippen molar-refractivity contribution in [3.05, 3.63) is 34.6 Å². The second-order valence-electron chi connectivity index (χ2n) is 4.66. The minimum atomic E-state index is -0.310. The Balaban J connectivity index is 2.33. The molecule has 6 heteroatoms. The minimum absolute atomic E-state index is 0.0108. The Hall–Kier alpha value is -1.33. The summed E-state index contributed by atoms with van der Waals surface area (Å²) >= 11 is 6.14. The second-order valence-corrected chi connectivity index (χ2v) is 5.07. The normalized spacial score (nSPS) is 17.4. The summed E-state index contributed by atoms with van der Waals surface area (Å²) in [5, 5.41) is 0.419. The van der Waals surface area contributed by atoms with Gasteiger partial charge in [-0.3, -0.25) is 9.89 Å². The smallest absolute Gasteiger partial charge is 0.185 e. The van der Waals surface area contributed by atoms with Crippen molar-refractivity contribution in [2.75, 3.05) is 19.6 Å². The van der Waals surface area contributed by atoms with Crippen LogP contribution in [0.4, 0.5) is 4.39 Å². The summed E-state index contributed by atoms with van der Waals surface area (Å²) in [4.78, 5) is 6.21. The summed E-state index contributed by atoms with van der Waals surface area (Å²) in [6, 6.07) is 4.50. The first kappa shape index (κ1) is 14.1. The average Bonchev–Trinajstić information content (AvgIpc) is 2.86. The van der Waals surface area contributed by atoms with Gasteiger partial charge in [0.25, 0.3) is 0 Å². The molecule has 1 fully saturated rings. The van der Waals surface area contributed by atoms with Crippen molar-refractivity contribution in [1.82, 2.24) is 4.90 Å². The van der Waals surface area contributed by atoms with Gasteiger partial charge in [0.15, 0.2) is 5.96 Å². The third-order valence-corrected chi connectivity index (χ3v) is 3.69. The van der Waals surface area contributed by atoms with Crippen LogP contribution in [0.2, 0.25) is 5.02 Å². The van der Waals surface area contributed by atoms with Crippen LogP contribution in [0.3, 0.4) is 0 Å². The number of hydrogen-bond donors (Lipinski definition) is 2. The van der Waals surface area contributed by atoms with Gasteiger partial charge in [0.05, 0.1) is 12.6 Å². The molecule has 1 aromatic rings. The maximum absolute atomic E-state index is 14.1. The SMILES string of the molecule is NC(N)=NCC(c1c(F)cccc1Cl)N1CCCC1. The summed E-state index contributed by atoms with van der Waals surface area (Å²) in [5.74, 6) is -0.299. The van der Waals surface area contributed by atoms with Crippen molar-refractivity contribution in [1.29, 1.82) is 0 Å². The first-order valence-corrected chi connectivity index (χ1v) is 6.70. The van der Waals surface area contributed by atoms with Crippen LogP contribution in [0.5, 0.6) is 0 Å². The maximum atomic E-state index is 14.1. The molecule has 19 heavy (non-hydrogen) atoms. The van der Waals surface area contributed by atoms with E-state index in [0.29, 0.717) is 17.1 Å². The van der Waals surface area contributed by atoms with Gasteiger partial charge in [-0.15, -0.1) is 0 Å². The molecule has 104 valence electrons. The Morgan fingerprint density at radius 2 is 2.05 bits per heavy atom. The van der Waals surface area contributed by atoms with Crippen LogP contribution in [-0.2, 0) is 0 Å². The molecule has 1 saturated heterocycles. The Morgan fingerprint density at radius 1 is 1.37 bits per heavy atom. The Labute approximate surface area is 117 Å². The van der Waals surface area contributed by atoms with Crippen LogP contribution in [0.25, 0.3) is 0 Å². The quantitative estimate of drug-likeness (QED) is 0.655. The zero-order valence-electron chi connectivity index (χ0n) is 10.6. The Bertz CT molecular complexity index is 447. The highest BCUT2D eigenvalue weighted by Gasteiger charge is 2.27. The van der Waals surface area contributed by atoms with Gasteiger partial charge in [0.1, 0.15) is 5.82 Å². The molecule has 2 rings (SSSR count). The highest BCUT2D eigenvalue weighted by atomic mass is 35.5. The molecular weight excluding hydrogens is 267 g/mol. The second kappa shape index (κ2) is 6.21. The van der Waals surface area contributed by atoms with Gasteiger partial charge in [0.2, 0.25) is 0 Å². The zero-order chi connectivity index (χ0) is 13.8. The fourth-order valence-electron chi connectivity index (χ4n) is 2.46. The Morgan fingerprint density at radius 3 is 2.63 bits per heavy atom. The number of benzene rings is 1. The molecule has 0 radical (unpaired) electrons. The largest absolute Gasteiger partial charge is 0.370 e. The van der Waals surface area contributed by atoms with Gasteiger partial charge >= 0.3 is 0 Å². The van der Waals surface area contributed by atoms with Crippen LogP contribution >= 0.6 is 11.6 Å². The third-order valence-electron chi connectivity index (χ3n) is 3.36. The molecule has 0 aromatic heterocycles. The molecule has 1 aliphatic rings. The van der Waals surface area contributed by atoms with Crippen molar-refractivity contribution in [2.45, 2.75) is 18.9 Å². The molecule has 0 amide bonds. The predicted molar refractivity (Wildman–Crippen MR) is 75.6 cm³/mol. The van der Waals surface area contributed by atoms with E-state index in [-0.39, 0.29) is 17.8 Å². The summed E-state index contributed by atoms with van der Waals surface area (Å²) in [6.45, 7) is 2.15. The third kappa shape index (κ3) is 3.36. The Kier molecular flexibility index (Phi) is 4.61. The fourth-order valence-corrected chi connectivity index (χ4v) is 2.75. The van der Waals surface area contributed by atoms with E-state index in [4.69, 9.17) is 23.1 Å². The molecule has 4 nitrogen and oxygen atoms in total. The average molecular weight is 285 g/mol. The van der Waals surface area contributed by atoms with Gasteiger partial charge in [-0.25, -0.2) is 4.39 Å². The number of rotatable bonds is 4. The number of nitrogens with zero attached hydrogens (tertiary/aromatic N) is 2. The standard InChI is InChI=1S/C13H18ClFN4/c14-9-4-3-5-10(15)12(9)11(8-18-13(16)17)19-6-1-2-7-19/h3-5,11H,1-2,6-8H2,(H4,16,17,18). The zero-order valence-corrected chi connectivity index (χ0v) is 11.4. The summed E-state index contributed by atoms with van der Waals surface area (Å²) in [5.41, 5.74) is 11.2. The van der Waals surface area contributed by atoms with Crippen LogP contribution in [0.15, 0.2) is 23.2 Å². The lowest BCUT2D eigenvalue weighted by Crippen LogP contribution is -2.31. The fraction of sp³-hybridized carbons (Fsp3) is 0.462. The lowest BCUT2D eigenvalue weighted by Gasteiger charge is -2.27. The van der Waals surface area contributed by atoms with E-state index < -0.39 is 0 Å².